The van der Waals surface area contributed by atoms with Gasteiger partial charge >= 0.3 is 0 Å². The first-order valence-electron chi connectivity index (χ1n) is 6.23. The molecule has 2 rings (SSSR count). The van der Waals surface area contributed by atoms with Crippen LogP contribution in [0, 0.1) is 11.3 Å². The molecule has 2 atom stereocenters. The predicted molar refractivity (Wildman–Crippen MR) is 77.5 cm³/mol. The van der Waals surface area contributed by atoms with Crippen LogP contribution in [0.2, 0.25) is 5.02 Å². The third kappa shape index (κ3) is 3.18. The van der Waals surface area contributed by atoms with Crippen LogP contribution < -0.4 is 5.73 Å². The molecule has 1 aliphatic carbocycles. The van der Waals surface area contributed by atoms with Gasteiger partial charge in [0.15, 0.2) is 0 Å². The molecule has 0 radical (unpaired) electrons. The molecular weight excluding hydrogens is 266 g/mol. The van der Waals surface area contributed by atoms with E-state index >= 15 is 0 Å². The summed E-state index contributed by atoms with van der Waals surface area (Å²) >= 11 is 7.99. The highest BCUT2D eigenvalue weighted by molar-refractivity contribution is 8.00. The Kier molecular flexibility index (Phi) is 4.51. The maximum Gasteiger partial charge on any atom is 0.124 e. The van der Waals surface area contributed by atoms with Crippen LogP contribution in [0.4, 0.5) is 0 Å². The van der Waals surface area contributed by atoms with Crippen LogP contribution in [0.3, 0.4) is 0 Å². The minimum atomic E-state index is 0.00117. The van der Waals surface area contributed by atoms with E-state index in [2.05, 4.69) is 11.9 Å². The Morgan fingerprint density at radius 2 is 2.33 bits per heavy atom. The van der Waals surface area contributed by atoms with Gasteiger partial charge in [-0.3, -0.25) is 5.41 Å². The number of rotatable bonds is 3. The summed E-state index contributed by atoms with van der Waals surface area (Å²) in [5.74, 6) is 0.785. The molecule has 3 nitrogen and oxygen atoms in total. The monoisotopic (exact) mass is 283 g/mol. The summed E-state index contributed by atoms with van der Waals surface area (Å²) in [5, 5.41) is 9.40. The molecule has 3 N–H and O–H groups in total. The lowest BCUT2D eigenvalue weighted by molar-refractivity contribution is 0.394. The molecule has 1 aromatic rings. The summed E-state index contributed by atoms with van der Waals surface area (Å²) < 4.78 is 0. The summed E-state index contributed by atoms with van der Waals surface area (Å²) in [6.45, 7) is 2.30. The average Bonchev–Trinajstić information content (AvgIpc) is 2.31. The summed E-state index contributed by atoms with van der Waals surface area (Å²) in [7, 11) is 0. The normalized spacial score (nSPS) is 23.9. The van der Waals surface area contributed by atoms with Crippen LogP contribution in [-0.4, -0.2) is 16.1 Å². The number of hydrogen-bond acceptors (Lipinski definition) is 3. The number of hydrogen-bond donors (Lipinski definition) is 2. The number of aromatic nitrogens is 1. The predicted octanol–water partition coefficient (Wildman–Crippen LogP) is 3.69. The topological polar surface area (TPSA) is 62.8 Å². The molecular formula is C13H18ClN3S. The van der Waals surface area contributed by atoms with E-state index in [1.54, 1.807) is 24.0 Å². The van der Waals surface area contributed by atoms with Gasteiger partial charge < -0.3 is 5.73 Å². The van der Waals surface area contributed by atoms with Crippen molar-refractivity contribution in [3.05, 3.63) is 22.8 Å². The molecule has 0 saturated heterocycles. The first-order chi connectivity index (χ1) is 8.58. The number of nitrogens with zero attached hydrogens (tertiary/aromatic N) is 1. The van der Waals surface area contributed by atoms with Crippen molar-refractivity contribution in [3.63, 3.8) is 0 Å². The number of nitrogens with two attached hydrogens (primary N) is 1. The third-order valence-electron chi connectivity index (χ3n) is 3.31. The van der Waals surface area contributed by atoms with Crippen LogP contribution in [0.25, 0.3) is 0 Å². The first kappa shape index (κ1) is 13.7. The van der Waals surface area contributed by atoms with Crippen molar-refractivity contribution in [2.45, 2.75) is 42.9 Å². The zero-order valence-electron chi connectivity index (χ0n) is 10.4. The van der Waals surface area contributed by atoms with Crippen molar-refractivity contribution in [1.82, 2.24) is 4.98 Å². The van der Waals surface area contributed by atoms with E-state index in [0.717, 1.165) is 10.9 Å². The lowest BCUT2D eigenvalue weighted by Crippen LogP contribution is -2.16. The number of thioether (sulfide) groups is 1. The SMILES string of the molecule is CC1CCCC(Sc2nccc(C(=N)N)c2Cl)C1. The Hall–Kier alpha value is -0.740. The van der Waals surface area contributed by atoms with Gasteiger partial charge in [0.2, 0.25) is 0 Å². The van der Waals surface area contributed by atoms with Crippen molar-refractivity contribution in [1.29, 1.82) is 5.41 Å². The highest BCUT2D eigenvalue weighted by atomic mass is 35.5. The number of nitrogen functional groups attached to an aromatic ring is 1. The zero-order valence-corrected chi connectivity index (χ0v) is 12.0. The van der Waals surface area contributed by atoms with E-state index < -0.39 is 0 Å². The molecule has 0 bridgehead atoms. The highest BCUT2D eigenvalue weighted by Gasteiger charge is 2.22. The van der Waals surface area contributed by atoms with Gasteiger partial charge in [0, 0.05) is 17.0 Å². The lowest BCUT2D eigenvalue weighted by atomic mass is 9.91. The van der Waals surface area contributed by atoms with Crippen LogP contribution in [-0.2, 0) is 0 Å². The molecule has 18 heavy (non-hydrogen) atoms. The second-order valence-electron chi connectivity index (χ2n) is 4.90. The fourth-order valence-electron chi connectivity index (χ4n) is 2.36. The number of halogens is 1. The maximum atomic E-state index is 7.48. The third-order valence-corrected chi connectivity index (χ3v) is 5.10. The van der Waals surface area contributed by atoms with E-state index in [1.807, 2.05) is 0 Å². The molecule has 1 aromatic heterocycles. The second-order valence-corrected chi connectivity index (χ2v) is 6.57. The highest BCUT2D eigenvalue weighted by Crippen LogP contribution is 2.38. The average molecular weight is 284 g/mol. The number of pyridine rings is 1. The molecule has 1 heterocycles. The minimum Gasteiger partial charge on any atom is -0.384 e. The Labute approximate surface area is 117 Å². The molecule has 0 aromatic carbocycles. The maximum absolute atomic E-state index is 7.48. The largest absolute Gasteiger partial charge is 0.384 e. The minimum absolute atomic E-state index is 0.00117. The van der Waals surface area contributed by atoms with Crippen molar-refractivity contribution in [2.75, 3.05) is 0 Å². The van der Waals surface area contributed by atoms with E-state index in [-0.39, 0.29) is 5.84 Å². The smallest absolute Gasteiger partial charge is 0.124 e. The number of nitrogens with one attached hydrogen (secondary N) is 1. The van der Waals surface area contributed by atoms with Crippen molar-refractivity contribution >= 4 is 29.2 Å². The first-order valence-corrected chi connectivity index (χ1v) is 7.49. The molecule has 98 valence electrons. The van der Waals surface area contributed by atoms with Crippen molar-refractivity contribution in [2.24, 2.45) is 11.7 Å². The van der Waals surface area contributed by atoms with E-state index in [9.17, 15) is 0 Å². The van der Waals surface area contributed by atoms with Crippen LogP contribution in [0.1, 0.15) is 38.2 Å². The van der Waals surface area contributed by atoms with Crippen LogP contribution in [0.15, 0.2) is 17.3 Å². The molecule has 0 spiro atoms. The van der Waals surface area contributed by atoms with Gasteiger partial charge in [-0.15, -0.1) is 11.8 Å². The zero-order chi connectivity index (χ0) is 13.1. The Balaban J connectivity index is 2.14. The summed E-state index contributed by atoms with van der Waals surface area (Å²) in [6.07, 6.45) is 6.72. The van der Waals surface area contributed by atoms with Gasteiger partial charge in [0.1, 0.15) is 10.9 Å². The van der Waals surface area contributed by atoms with Crippen LogP contribution >= 0.6 is 23.4 Å². The fourth-order valence-corrected chi connectivity index (χ4v) is 4.07. The van der Waals surface area contributed by atoms with Gasteiger partial charge in [-0.2, -0.15) is 0 Å². The van der Waals surface area contributed by atoms with Crippen molar-refractivity contribution in [3.8, 4) is 0 Å². The van der Waals surface area contributed by atoms with E-state index in [4.69, 9.17) is 22.7 Å². The van der Waals surface area contributed by atoms with E-state index in [1.165, 1.54) is 25.7 Å². The summed E-state index contributed by atoms with van der Waals surface area (Å²) in [4.78, 5) is 4.32. The standard InChI is InChI=1S/C13H18ClN3S/c1-8-3-2-4-9(7-8)18-13-11(14)10(12(15)16)5-6-17-13/h5-6,8-9H,2-4,7H2,1H3,(H3,15,16). The fraction of sp³-hybridized carbons (Fsp3) is 0.538. The molecule has 1 saturated carbocycles. The quantitative estimate of drug-likeness (QED) is 0.657. The summed E-state index contributed by atoms with van der Waals surface area (Å²) in [5.41, 5.74) is 6.08. The Bertz CT molecular complexity index is 450. The molecule has 1 fully saturated rings. The Morgan fingerprint density at radius 3 is 3.00 bits per heavy atom. The second kappa shape index (κ2) is 5.93. The number of amidine groups is 1. The van der Waals surface area contributed by atoms with Gasteiger partial charge in [-0.25, -0.2) is 4.98 Å². The lowest BCUT2D eigenvalue weighted by Gasteiger charge is -2.26. The Morgan fingerprint density at radius 1 is 1.56 bits per heavy atom. The van der Waals surface area contributed by atoms with E-state index in [0.29, 0.717) is 15.8 Å². The van der Waals surface area contributed by atoms with Gasteiger partial charge in [-0.1, -0.05) is 31.4 Å². The molecule has 0 amide bonds. The van der Waals surface area contributed by atoms with Gasteiger partial charge in [0.05, 0.1) is 5.02 Å². The van der Waals surface area contributed by atoms with Gasteiger partial charge in [-0.05, 0) is 24.8 Å². The molecule has 5 heteroatoms. The van der Waals surface area contributed by atoms with Gasteiger partial charge in [0.25, 0.3) is 0 Å². The molecule has 2 unspecified atom stereocenters. The summed E-state index contributed by atoms with van der Waals surface area (Å²) in [6, 6.07) is 1.69. The molecule has 0 aliphatic heterocycles. The van der Waals surface area contributed by atoms with Crippen molar-refractivity contribution < 1.29 is 0 Å². The molecule has 1 aliphatic rings. The van der Waals surface area contributed by atoms with Crippen LogP contribution in [0.5, 0.6) is 0 Å².